The lowest BCUT2D eigenvalue weighted by molar-refractivity contribution is 0.0469. The minimum Gasteiger partial charge on any atom is -0.507 e. The second-order valence-corrected chi connectivity index (χ2v) is 4.08. The number of aryl methyl sites for hydroxylation is 1. The van der Waals surface area contributed by atoms with Gasteiger partial charge in [-0.25, -0.2) is 4.79 Å². The molecule has 0 heterocycles. The normalized spacial score (nSPS) is 10.1. The quantitative estimate of drug-likeness (QED) is 0.841. The maximum atomic E-state index is 11.7. The van der Waals surface area contributed by atoms with Gasteiger partial charge >= 0.3 is 5.97 Å². The summed E-state index contributed by atoms with van der Waals surface area (Å²) in [5.41, 5.74) is 2.26. The molecule has 2 aromatic carbocycles. The van der Waals surface area contributed by atoms with Gasteiger partial charge in [0.25, 0.3) is 0 Å². The summed E-state index contributed by atoms with van der Waals surface area (Å²) in [5, 5.41) is 9.51. The highest BCUT2D eigenvalue weighted by atomic mass is 16.5. The van der Waals surface area contributed by atoms with Crippen LogP contribution in [-0.2, 0) is 11.3 Å². The number of benzene rings is 2. The Balaban J connectivity index is 2.01. The van der Waals surface area contributed by atoms with Gasteiger partial charge in [0.2, 0.25) is 0 Å². The van der Waals surface area contributed by atoms with Crippen LogP contribution in [0.2, 0.25) is 0 Å². The fourth-order valence-electron chi connectivity index (χ4n) is 1.56. The van der Waals surface area contributed by atoms with Crippen molar-refractivity contribution >= 4 is 5.97 Å². The van der Waals surface area contributed by atoms with E-state index in [0.717, 1.165) is 11.1 Å². The number of carbonyl (C=O) groups excluding carboxylic acids is 1. The van der Waals surface area contributed by atoms with Gasteiger partial charge in [-0.05, 0) is 24.6 Å². The molecule has 0 radical (unpaired) electrons. The number of rotatable bonds is 3. The number of esters is 1. The molecule has 0 aliphatic heterocycles. The van der Waals surface area contributed by atoms with Crippen molar-refractivity contribution in [3.8, 4) is 5.75 Å². The molecular weight excluding hydrogens is 228 g/mol. The van der Waals surface area contributed by atoms with E-state index >= 15 is 0 Å². The van der Waals surface area contributed by atoms with E-state index in [4.69, 9.17) is 4.74 Å². The molecule has 0 aliphatic carbocycles. The molecule has 0 fully saturated rings. The third kappa shape index (κ3) is 2.88. The monoisotopic (exact) mass is 242 g/mol. The van der Waals surface area contributed by atoms with Gasteiger partial charge in [0.1, 0.15) is 17.9 Å². The lowest BCUT2D eigenvalue weighted by Crippen LogP contribution is -2.05. The predicted octanol–water partition coefficient (Wildman–Crippen LogP) is 3.06. The van der Waals surface area contributed by atoms with Gasteiger partial charge in [-0.2, -0.15) is 0 Å². The Morgan fingerprint density at radius 2 is 1.78 bits per heavy atom. The third-order valence-electron chi connectivity index (χ3n) is 2.61. The summed E-state index contributed by atoms with van der Waals surface area (Å²) in [6.45, 7) is 2.20. The number of aromatic hydroxyl groups is 1. The molecule has 1 N–H and O–H groups in total. The average molecular weight is 242 g/mol. The smallest absolute Gasteiger partial charge is 0.342 e. The molecule has 0 saturated carbocycles. The van der Waals surface area contributed by atoms with E-state index in [1.807, 2.05) is 31.2 Å². The lowest BCUT2D eigenvalue weighted by Gasteiger charge is -2.06. The lowest BCUT2D eigenvalue weighted by atomic mass is 10.1. The number of carbonyl (C=O) groups is 1. The van der Waals surface area contributed by atoms with Crippen molar-refractivity contribution < 1.29 is 14.6 Å². The minimum atomic E-state index is -0.520. The second-order valence-electron chi connectivity index (χ2n) is 4.08. The molecule has 0 atom stereocenters. The highest BCUT2D eigenvalue weighted by Gasteiger charge is 2.11. The minimum absolute atomic E-state index is 0.0635. The number of para-hydroxylation sites is 1. The van der Waals surface area contributed by atoms with E-state index in [0.29, 0.717) is 0 Å². The molecular formula is C15H14O3. The van der Waals surface area contributed by atoms with Crippen molar-refractivity contribution in [3.05, 3.63) is 65.2 Å². The zero-order valence-electron chi connectivity index (χ0n) is 10.1. The third-order valence-corrected chi connectivity index (χ3v) is 2.61. The summed E-state index contributed by atoms with van der Waals surface area (Å²) in [6.07, 6.45) is 0. The first-order chi connectivity index (χ1) is 8.66. The van der Waals surface area contributed by atoms with Gasteiger partial charge in [-0.15, -0.1) is 0 Å². The van der Waals surface area contributed by atoms with Crippen LogP contribution in [0.3, 0.4) is 0 Å². The van der Waals surface area contributed by atoms with E-state index in [-0.39, 0.29) is 17.9 Å². The standard InChI is InChI=1S/C15H14O3/c1-11-6-8-12(9-7-11)10-18-15(17)13-4-2-3-5-14(13)16/h2-9,16H,10H2,1H3. The van der Waals surface area contributed by atoms with Gasteiger partial charge in [0, 0.05) is 0 Å². The first-order valence-electron chi connectivity index (χ1n) is 5.67. The second kappa shape index (κ2) is 5.36. The fraction of sp³-hybridized carbons (Fsp3) is 0.133. The SMILES string of the molecule is Cc1ccc(COC(=O)c2ccccc2O)cc1. The van der Waals surface area contributed by atoms with Crippen molar-refractivity contribution in [1.82, 2.24) is 0 Å². The summed E-state index contributed by atoms with van der Waals surface area (Å²) in [7, 11) is 0. The molecule has 0 unspecified atom stereocenters. The van der Waals surface area contributed by atoms with Crippen LogP contribution in [0.25, 0.3) is 0 Å². The van der Waals surface area contributed by atoms with E-state index in [2.05, 4.69) is 0 Å². The predicted molar refractivity (Wildman–Crippen MR) is 68.4 cm³/mol. The number of phenols is 1. The number of phenolic OH excluding ortho intramolecular Hbond substituents is 1. The highest BCUT2D eigenvalue weighted by molar-refractivity contribution is 5.92. The topological polar surface area (TPSA) is 46.5 Å². The molecule has 18 heavy (non-hydrogen) atoms. The van der Waals surface area contributed by atoms with Gasteiger partial charge in [-0.3, -0.25) is 0 Å². The molecule has 3 heteroatoms. The van der Waals surface area contributed by atoms with Crippen LogP contribution < -0.4 is 0 Å². The van der Waals surface area contributed by atoms with Crippen molar-refractivity contribution in [3.63, 3.8) is 0 Å². The van der Waals surface area contributed by atoms with Crippen LogP contribution in [0.4, 0.5) is 0 Å². The van der Waals surface area contributed by atoms with E-state index < -0.39 is 5.97 Å². The van der Waals surface area contributed by atoms with Crippen molar-refractivity contribution in [2.24, 2.45) is 0 Å². The van der Waals surface area contributed by atoms with Crippen LogP contribution in [0, 0.1) is 6.92 Å². The van der Waals surface area contributed by atoms with Crippen molar-refractivity contribution in [2.45, 2.75) is 13.5 Å². The Bertz CT molecular complexity index is 544. The van der Waals surface area contributed by atoms with Crippen LogP contribution in [0.15, 0.2) is 48.5 Å². The van der Waals surface area contributed by atoms with E-state index in [9.17, 15) is 9.90 Å². The maximum absolute atomic E-state index is 11.7. The Morgan fingerprint density at radius 3 is 2.44 bits per heavy atom. The Labute approximate surface area is 106 Å². The number of hydrogen-bond donors (Lipinski definition) is 1. The molecule has 0 amide bonds. The maximum Gasteiger partial charge on any atom is 0.342 e. The molecule has 92 valence electrons. The Morgan fingerprint density at radius 1 is 1.11 bits per heavy atom. The zero-order chi connectivity index (χ0) is 13.0. The van der Waals surface area contributed by atoms with Gasteiger partial charge in [0.15, 0.2) is 0 Å². The Kier molecular flexibility index (Phi) is 3.63. The molecule has 0 aliphatic rings. The molecule has 2 aromatic rings. The summed E-state index contributed by atoms with van der Waals surface area (Å²) in [6, 6.07) is 14.1. The van der Waals surface area contributed by atoms with Gasteiger partial charge in [-0.1, -0.05) is 42.0 Å². The fourth-order valence-corrected chi connectivity index (χ4v) is 1.56. The summed E-state index contributed by atoms with van der Waals surface area (Å²) < 4.78 is 5.14. The molecule has 3 nitrogen and oxygen atoms in total. The Hall–Kier alpha value is -2.29. The summed E-state index contributed by atoms with van der Waals surface area (Å²) in [5.74, 6) is -0.583. The molecule has 0 spiro atoms. The largest absolute Gasteiger partial charge is 0.507 e. The first kappa shape index (κ1) is 12.2. The molecule has 2 rings (SSSR count). The van der Waals surface area contributed by atoms with Gasteiger partial charge in [0.05, 0.1) is 0 Å². The van der Waals surface area contributed by atoms with Gasteiger partial charge < -0.3 is 9.84 Å². The highest BCUT2D eigenvalue weighted by Crippen LogP contribution is 2.17. The van der Waals surface area contributed by atoms with E-state index in [1.54, 1.807) is 12.1 Å². The van der Waals surface area contributed by atoms with Crippen molar-refractivity contribution in [2.75, 3.05) is 0 Å². The number of hydrogen-bond acceptors (Lipinski definition) is 3. The average Bonchev–Trinajstić information content (AvgIpc) is 2.38. The van der Waals surface area contributed by atoms with Crippen LogP contribution in [0.5, 0.6) is 5.75 Å². The van der Waals surface area contributed by atoms with Crippen molar-refractivity contribution in [1.29, 1.82) is 0 Å². The number of ether oxygens (including phenoxy) is 1. The van der Waals surface area contributed by atoms with Crippen LogP contribution in [0.1, 0.15) is 21.5 Å². The molecule has 0 saturated heterocycles. The first-order valence-corrected chi connectivity index (χ1v) is 5.67. The summed E-state index contributed by atoms with van der Waals surface area (Å²) in [4.78, 5) is 11.7. The van der Waals surface area contributed by atoms with Crippen LogP contribution >= 0.6 is 0 Å². The van der Waals surface area contributed by atoms with Crippen LogP contribution in [-0.4, -0.2) is 11.1 Å². The van der Waals surface area contributed by atoms with E-state index in [1.165, 1.54) is 12.1 Å². The summed E-state index contributed by atoms with van der Waals surface area (Å²) >= 11 is 0. The molecule has 0 bridgehead atoms. The molecule has 0 aromatic heterocycles. The zero-order valence-corrected chi connectivity index (χ0v) is 10.1.